The Balaban J connectivity index is 0.00000469. The Kier molecular flexibility index (Phi) is 23.8. The normalized spacial score (nSPS) is 13.8. The molecule has 1 aliphatic carbocycles. The van der Waals surface area contributed by atoms with Gasteiger partial charge >= 0.3 is 59.1 Å². The maximum Gasteiger partial charge on any atom is 1.00 e. The average Bonchev–Trinajstić information content (AvgIpc) is 4.07. The van der Waals surface area contributed by atoms with Crippen LogP contribution in [0.15, 0.2) is 126 Å². The van der Waals surface area contributed by atoms with Crippen molar-refractivity contribution in [3.63, 3.8) is 0 Å². The summed E-state index contributed by atoms with van der Waals surface area (Å²) in [5.41, 5.74) is 0.807. The number of thiophene rings is 1. The van der Waals surface area contributed by atoms with Gasteiger partial charge in [-0.3, -0.25) is 0 Å². The minimum atomic E-state index is -4.43. The molecule has 3 nitrogen and oxygen atoms in total. The van der Waals surface area contributed by atoms with Crippen LogP contribution in [-0.4, -0.2) is 31.2 Å². The van der Waals surface area contributed by atoms with E-state index in [9.17, 15) is 13.0 Å². The zero-order valence-corrected chi connectivity index (χ0v) is 52.3. The molecule has 1 aromatic heterocycles. The van der Waals surface area contributed by atoms with Crippen molar-refractivity contribution in [1.82, 2.24) is 0 Å². The van der Waals surface area contributed by atoms with Crippen molar-refractivity contribution in [3.05, 3.63) is 162 Å². The van der Waals surface area contributed by atoms with Crippen molar-refractivity contribution in [2.45, 2.75) is 99.0 Å². The molecule has 0 saturated carbocycles. The zero-order valence-electron chi connectivity index (χ0n) is 41.7. The second kappa shape index (κ2) is 28.4. The summed E-state index contributed by atoms with van der Waals surface area (Å²) >= 11 is 2.08. The monoisotopic (exact) mass is 1210 g/mol. The van der Waals surface area contributed by atoms with Crippen LogP contribution >= 0.6 is 78.0 Å². The Morgan fingerprint density at radius 1 is 0.500 bits per heavy atom. The predicted octanol–water partition coefficient (Wildman–Crippen LogP) is 13.5. The molecule has 8 rings (SSSR count). The van der Waals surface area contributed by atoms with Gasteiger partial charge in [-0.05, 0) is 138 Å². The van der Waals surface area contributed by atoms with Crippen molar-refractivity contribution in [2.24, 2.45) is 0 Å². The van der Waals surface area contributed by atoms with Gasteiger partial charge in [-0.25, -0.2) is 43.5 Å². The number of fused-ring (bicyclic) bond motifs is 3. The van der Waals surface area contributed by atoms with Crippen molar-refractivity contribution in [1.29, 1.82) is 0 Å². The van der Waals surface area contributed by atoms with Gasteiger partial charge in [0.25, 0.3) is 0 Å². The van der Waals surface area contributed by atoms with Crippen LogP contribution in [0.25, 0.3) is 43.1 Å². The summed E-state index contributed by atoms with van der Waals surface area (Å²) in [4.78, 5) is 1.35. The van der Waals surface area contributed by atoms with Crippen LogP contribution < -0.4 is 59.1 Å². The molecule has 1 heterocycles. The molecule has 390 valence electrons. The fraction of sp³-hybridized carbons (Fsp3) is 0.255. The van der Waals surface area contributed by atoms with E-state index in [1.165, 1.54) is 55.3 Å². The molecule has 0 N–H and O–H groups in total. The van der Waals surface area contributed by atoms with Crippen molar-refractivity contribution in [2.75, 3.05) is 18.3 Å². The molecule has 7 aromatic rings. The van der Waals surface area contributed by atoms with Crippen LogP contribution in [0.5, 0.6) is 0 Å². The summed E-state index contributed by atoms with van der Waals surface area (Å²) in [6.07, 6.45) is 9.27. The van der Waals surface area contributed by atoms with Crippen LogP contribution in [-0.2, 0) is 15.5 Å². The van der Waals surface area contributed by atoms with Gasteiger partial charge in [0.1, 0.15) is 0 Å². The third kappa shape index (κ3) is 14.2. The number of hydrogen-bond donors (Lipinski definition) is 0. The van der Waals surface area contributed by atoms with E-state index in [0.29, 0.717) is 99.8 Å². The van der Waals surface area contributed by atoms with Crippen LogP contribution in [0.3, 0.4) is 0 Å². The molecule has 1 atom stereocenters. The van der Waals surface area contributed by atoms with Crippen molar-refractivity contribution >= 4 is 88.2 Å². The standard InChI is InChI=1S/C55H47F8O3S8.2Na/c1-4-5-6-9-26-55(27-10-7-8-11-28-74(64,65)66)39-29-31(41-24-25-42(71-41)44-47(58)51(62)54(52(63)48(44)59)70-34-16-20-36(21-17-34)73-68-3)12-22-37(39)38-23-13-32(30-40(38)55)43-45(56)49(60)53(50(61)46(43)57)69-33-14-18-35(19-15-33)72-67-2;;/h12-25,29-30H,1,4-11,26-28H2,2-3H3,(H,64,65,66);;/q-1;2*+1/p-1. The summed E-state index contributed by atoms with van der Waals surface area (Å²) in [5, 5.41) is 0. The van der Waals surface area contributed by atoms with E-state index in [2.05, 4.69) is 6.92 Å². The van der Waals surface area contributed by atoms with Gasteiger partial charge in [0.05, 0.1) is 31.0 Å². The third-order valence-electron chi connectivity index (χ3n) is 12.8. The van der Waals surface area contributed by atoms with Gasteiger partial charge in [-0.1, -0.05) is 129 Å². The van der Waals surface area contributed by atoms with E-state index in [0.717, 1.165) is 45.1 Å². The van der Waals surface area contributed by atoms with Gasteiger partial charge in [0.15, 0.2) is 46.5 Å². The summed E-state index contributed by atoms with van der Waals surface area (Å²) in [5.74, 6) is -12.8. The third-order valence-corrected chi connectivity index (χ3v) is 20.3. The minimum absolute atomic E-state index is 0. The summed E-state index contributed by atoms with van der Waals surface area (Å²) in [7, 11) is 1.57. The molecule has 21 heteroatoms. The smallest absolute Gasteiger partial charge is 0.748 e. The molecule has 0 bridgehead atoms. The Morgan fingerprint density at radius 3 is 1.37 bits per heavy atom. The van der Waals surface area contributed by atoms with Crippen LogP contribution in [0, 0.1) is 53.5 Å². The van der Waals surface area contributed by atoms with Crippen molar-refractivity contribution < 1.29 is 107 Å². The van der Waals surface area contributed by atoms with Gasteiger partial charge < -0.3 is 11.5 Å². The number of unbranched alkanes of at least 4 members (excludes halogenated alkanes) is 6. The van der Waals surface area contributed by atoms with Gasteiger partial charge in [0.2, 0.25) is 0 Å². The minimum Gasteiger partial charge on any atom is -0.748 e. The molecule has 1 unspecified atom stereocenters. The van der Waals surface area contributed by atoms with Gasteiger partial charge in [-0.2, -0.15) is 6.42 Å². The zero-order chi connectivity index (χ0) is 52.9. The maximum absolute atomic E-state index is 16.4. The molecule has 6 aromatic carbocycles. The largest absolute Gasteiger partial charge is 1.00 e. The summed E-state index contributed by atoms with van der Waals surface area (Å²) in [6, 6.07) is 26.7. The second-order valence-corrected chi connectivity index (χ2v) is 27.1. The number of benzene rings is 6. The van der Waals surface area contributed by atoms with Gasteiger partial charge in [-0.15, -0.1) is 11.3 Å². The first kappa shape index (κ1) is 63.6. The fourth-order valence-corrected chi connectivity index (χ4v) is 15.4. The number of rotatable bonds is 23. The summed E-state index contributed by atoms with van der Waals surface area (Å²) < 4.78 is 163. The molecular weight excluding hydrogens is 1160 g/mol. The second-order valence-electron chi connectivity index (χ2n) is 17.4. The van der Waals surface area contributed by atoms with Gasteiger partial charge in [0, 0.05) is 40.5 Å². The number of hydrogen-bond acceptors (Lipinski definition) is 10. The fourth-order valence-electron chi connectivity index (χ4n) is 9.36. The van der Waals surface area contributed by atoms with E-state index in [-0.39, 0.29) is 76.0 Å². The van der Waals surface area contributed by atoms with E-state index >= 15 is 35.1 Å². The molecule has 0 amide bonds. The molecule has 0 fully saturated rings. The molecule has 0 aliphatic heterocycles. The Hall–Kier alpha value is -1.53. The molecule has 0 radical (unpaired) electrons. The quantitative estimate of drug-likeness (QED) is 0.0119. The Morgan fingerprint density at radius 2 is 0.908 bits per heavy atom. The van der Waals surface area contributed by atoms with Crippen LogP contribution in [0.2, 0.25) is 0 Å². The Bertz CT molecular complexity index is 3230. The first-order valence-corrected chi connectivity index (χ1v) is 32.5. The first-order valence-electron chi connectivity index (χ1n) is 23.3. The first-order chi connectivity index (χ1) is 35.5. The average molecular weight is 1210 g/mol. The topological polar surface area (TPSA) is 57.2 Å². The Labute approximate surface area is 511 Å². The van der Waals surface area contributed by atoms with E-state index in [4.69, 9.17) is 0 Å². The SMILES string of the molecule is [CH2-]CCCCCC1(CCCCCCS(=O)(=O)[O-])c2cc(-c3ccc(-c4c(F)c(F)c(Sc5ccc(SSC)cc5)c(F)c4F)s3)ccc2-c2ccc(-c3c(F)c(F)c(Sc4ccc(SSC)cc4)c(F)c3F)cc21.[Na+].[Na+]. The maximum atomic E-state index is 16.4. The van der Waals surface area contributed by atoms with E-state index in [1.807, 2.05) is 24.6 Å². The van der Waals surface area contributed by atoms with E-state index in [1.54, 1.807) is 72.8 Å². The molecule has 1 aliphatic rings. The molecule has 76 heavy (non-hydrogen) atoms. The van der Waals surface area contributed by atoms with E-state index < -0.39 is 88.7 Å². The van der Waals surface area contributed by atoms with Crippen molar-refractivity contribution in [3.8, 4) is 43.1 Å². The van der Waals surface area contributed by atoms with Crippen LogP contribution in [0.4, 0.5) is 35.1 Å². The molecule has 0 spiro atoms. The molecular formula is C55H46F8Na2O3S8. The predicted molar refractivity (Wildman–Crippen MR) is 292 cm³/mol. The molecule has 0 saturated heterocycles. The summed E-state index contributed by atoms with van der Waals surface area (Å²) in [6.45, 7) is 3.98. The van der Waals surface area contributed by atoms with Crippen LogP contribution in [0.1, 0.15) is 75.3 Å². The number of halogens is 8.